The van der Waals surface area contributed by atoms with Crippen molar-refractivity contribution < 1.29 is 13.2 Å². The number of fused-ring (bicyclic) bond motifs is 1. The fraction of sp³-hybridized carbons (Fsp3) is 0.714. The second kappa shape index (κ2) is 7.72. The average molecular weight is 393 g/mol. The minimum atomic E-state index is -2.88. The summed E-state index contributed by atoms with van der Waals surface area (Å²) in [4.78, 5) is 5.11. The van der Waals surface area contributed by atoms with Gasteiger partial charge in [0.25, 0.3) is 0 Å². The molecule has 0 bridgehead atoms. The van der Waals surface area contributed by atoms with Crippen molar-refractivity contribution in [1.82, 2.24) is 9.80 Å². The first kappa shape index (κ1) is 19.2. The number of likely N-dealkylation sites (tertiary alicyclic amines) is 2. The molecule has 3 aliphatic rings. The number of benzene rings is 1. The quantitative estimate of drug-likeness (QED) is 0.788. The van der Waals surface area contributed by atoms with Crippen LogP contribution in [0.2, 0.25) is 0 Å². The highest BCUT2D eigenvalue weighted by molar-refractivity contribution is 7.91. The third-order valence-electron chi connectivity index (χ3n) is 6.85. The summed E-state index contributed by atoms with van der Waals surface area (Å²) in [7, 11) is -2.88. The second-order valence-corrected chi connectivity index (χ2v) is 10.8. The summed E-state index contributed by atoms with van der Waals surface area (Å²) >= 11 is 0. The molecule has 0 amide bonds. The molecule has 1 atom stereocenters. The summed E-state index contributed by atoms with van der Waals surface area (Å²) in [5.74, 6) is 1.07. The molecule has 150 valence electrons. The van der Waals surface area contributed by atoms with Crippen LogP contribution in [0.4, 0.5) is 0 Å². The highest BCUT2D eigenvalue weighted by Gasteiger charge is 2.32. The van der Waals surface area contributed by atoms with Crippen molar-refractivity contribution in [3.8, 4) is 5.75 Å². The van der Waals surface area contributed by atoms with E-state index in [0.29, 0.717) is 12.1 Å². The molecule has 0 aromatic heterocycles. The third kappa shape index (κ3) is 4.17. The molecule has 0 unspecified atom stereocenters. The van der Waals surface area contributed by atoms with E-state index in [1.54, 1.807) is 0 Å². The molecule has 4 rings (SSSR count). The first-order chi connectivity index (χ1) is 12.9. The molecule has 0 saturated carbocycles. The van der Waals surface area contributed by atoms with Gasteiger partial charge in [-0.2, -0.15) is 0 Å². The first-order valence-electron chi connectivity index (χ1n) is 10.3. The van der Waals surface area contributed by atoms with Crippen LogP contribution < -0.4 is 4.74 Å². The lowest BCUT2D eigenvalue weighted by Gasteiger charge is -2.43. The molecular formula is C21H32N2O3S. The van der Waals surface area contributed by atoms with Crippen molar-refractivity contribution in [2.24, 2.45) is 0 Å². The summed E-state index contributed by atoms with van der Waals surface area (Å²) in [5, 5.41) is -0.129. The molecule has 3 heterocycles. The van der Waals surface area contributed by atoms with E-state index in [9.17, 15) is 8.42 Å². The van der Waals surface area contributed by atoms with Crippen LogP contribution in [-0.2, 0) is 16.3 Å². The Labute approximate surface area is 163 Å². The van der Waals surface area contributed by atoms with Crippen molar-refractivity contribution in [3.63, 3.8) is 0 Å². The van der Waals surface area contributed by atoms with Crippen LogP contribution in [0.25, 0.3) is 0 Å². The molecule has 27 heavy (non-hydrogen) atoms. The van der Waals surface area contributed by atoms with Gasteiger partial charge in [-0.25, -0.2) is 8.42 Å². The molecule has 6 heteroatoms. The number of rotatable bonds is 4. The number of piperidine rings is 2. The van der Waals surface area contributed by atoms with Gasteiger partial charge in [-0.15, -0.1) is 0 Å². The van der Waals surface area contributed by atoms with Crippen LogP contribution in [0.3, 0.4) is 0 Å². The van der Waals surface area contributed by atoms with Gasteiger partial charge in [0.2, 0.25) is 0 Å². The Balaban J connectivity index is 1.30. The number of nitrogens with zero attached hydrogens (tertiary/aromatic N) is 2. The molecule has 3 aliphatic heterocycles. The maximum Gasteiger partial charge on any atom is 0.150 e. The lowest BCUT2D eigenvalue weighted by atomic mass is 9.96. The molecule has 2 saturated heterocycles. The molecule has 1 aromatic rings. The molecule has 0 aliphatic carbocycles. The topological polar surface area (TPSA) is 49.9 Å². The van der Waals surface area contributed by atoms with Crippen LogP contribution in [-0.4, -0.2) is 68.6 Å². The van der Waals surface area contributed by atoms with Crippen LogP contribution in [0.1, 0.15) is 49.8 Å². The number of ether oxygens (including phenoxy) is 1. The molecule has 5 nitrogen and oxygen atoms in total. The highest BCUT2D eigenvalue weighted by atomic mass is 32.2. The molecule has 0 N–H and O–H groups in total. The molecular weight excluding hydrogens is 360 g/mol. The normalized spacial score (nSPS) is 24.5. The maximum absolute atomic E-state index is 11.8. The third-order valence-corrected chi connectivity index (χ3v) is 8.53. The fourth-order valence-corrected chi connectivity index (χ4v) is 6.03. The lowest BCUT2D eigenvalue weighted by Crippen LogP contribution is -2.49. The van der Waals surface area contributed by atoms with Crippen LogP contribution in [0, 0.1) is 0 Å². The van der Waals surface area contributed by atoms with Gasteiger partial charge in [-0.05, 0) is 62.9 Å². The minimum absolute atomic E-state index is 0.129. The summed E-state index contributed by atoms with van der Waals surface area (Å²) in [6.45, 7) is 7.19. The van der Waals surface area contributed by atoms with Crippen molar-refractivity contribution in [1.29, 1.82) is 0 Å². The highest BCUT2D eigenvalue weighted by Crippen LogP contribution is 2.32. The van der Waals surface area contributed by atoms with Gasteiger partial charge in [-0.3, -0.25) is 4.90 Å². The van der Waals surface area contributed by atoms with Gasteiger partial charge >= 0.3 is 0 Å². The predicted molar refractivity (Wildman–Crippen MR) is 108 cm³/mol. The lowest BCUT2D eigenvalue weighted by molar-refractivity contribution is 0.0764. The maximum atomic E-state index is 11.8. The van der Waals surface area contributed by atoms with Gasteiger partial charge in [0.15, 0.2) is 0 Å². The van der Waals surface area contributed by atoms with Gasteiger partial charge < -0.3 is 9.64 Å². The van der Waals surface area contributed by atoms with Gasteiger partial charge in [-0.1, -0.05) is 12.1 Å². The zero-order valence-corrected chi connectivity index (χ0v) is 17.4. The minimum Gasteiger partial charge on any atom is -0.493 e. The Bertz CT molecular complexity index is 764. The van der Waals surface area contributed by atoms with Crippen molar-refractivity contribution in [2.45, 2.75) is 56.4 Å². The SMILES string of the molecule is C[C@@H](c1ccc2c(c1)OCC2)N1CCC(N2CCC(S(C)(=O)=O)CC2)CC1. The smallest absolute Gasteiger partial charge is 0.150 e. The van der Waals surface area contributed by atoms with Crippen molar-refractivity contribution in [2.75, 3.05) is 39.0 Å². The summed E-state index contributed by atoms with van der Waals surface area (Å²) in [5.41, 5.74) is 2.69. The van der Waals surface area contributed by atoms with Crippen molar-refractivity contribution in [3.05, 3.63) is 29.3 Å². The van der Waals surface area contributed by atoms with Crippen molar-refractivity contribution >= 4 is 9.84 Å². The second-order valence-electron chi connectivity index (χ2n) is 8.47. The standard InChI is InChI=1S/C21H32N2O3S/c1-16(18-4-3-17-9-14-26-21(17)15-18)22-10-5-19(6-11-22)23-12-7-20(8-13-23)27(2,24)25/h3-4,15-16,19-20H,5-14H2,1-2H3/t16-/m0/s1. The number of hydrogen-bond acceptors (Lipinski definition) is 5. The Morgan fingerprint density at radius 3 is 2.44 bits per heavy atom. The Morgan fingerprint density at radius 1 is 1.07 bits per heavy atom. The Kier molecular flexibility index (Phi) is 5.50. The molecule has 0 spiro atoms. The number of sulfone groups is 1. The van der Waals surface area contributed by atoms with Gasteiger partial charge in [0.1, 0.15) is 15.6 Å². The van der Waals surface area contributed by atoms with Crippen LogP contribution in [0.5, 0.6) is 5.75 Å². The first-order valence-corrected chi connectivity index (χ1v) is 12.3. The van der Waals surface area contributed by atoms with E-state index < -0.39 is 9.84 Å². The predicted octanol–water partition coefficient (Wildman–Crippen LogP) is 2.66. The zero-order chi connectivity index (χ0) is 19.0. The Morgan fingerprint density at radius 2 is 1.78 bits per heavy atom. The van der Waals surface area contributed by atoms with Gasteiger partial charge in [0, 0.05) is 37.8 Å². The summed E-state index contributed by atoms with van der Waals surface area (Å²) in [6.07, 6.45) is 6.36. The summed E-state index contributed by atoms with van der Waals surface area (Å²) < 4.78 is 29.3. The van der Waals surface area contributed by atoms with E-state index in [0.717, 1.165) is 57.8 Å². The fourth-order valence-electron chi connectivity index (χ4n) is 4.96. The molecule has 1 aromatic carbocycles. The van der Waals surface area contributed by atoms with E-state index in [1.807, 2.05) is 0 Å². The van der Waals surface area contributed by atoms with E-state index in [4.69, 9.17) is 4.74 Å². The van der Waals surface area contributed by atoms with Gasteiger partial charge in [0.05, 0.1) is 11.9 Å². The van der Waals surface area contributed by atoms with E-state index in [2.05, 4.69) is 34.9 Å². The largest absolute Gasteiger partial charge is 0.493 e. The zero-order valence-electron chi connectivity index (χ0n) is 16.6. The average Bonchev–Trinajstić information content (AvgIpc) is 3.15. The van der Waals surface area contributed by atoms with Crippen LogP contribution >= 0.6 is 0 Å². The summed E-state index contributed by atoms with van der Waals surface area (Å²) in [6, 6.07) is 7.75. The van der Waals surface area contributed by atoms with E-state index in [-0.39, 0.29) is 5.25 Å². The molecule has 0 radical (unpaired) electrons. The van der Waals surface area contributed by atoms with E-state index in [1.165, 1.54) is 30.2 Å². The molecule has 2 fully saturated rings. The number of hydrogen-bond donors (Lipinski definition) is 0. The van der Waals surface area contributed by atoms with Crippen LogP contribution in [0.15, 0.2) is 18.2 Å². The Hall–Kier alpha value is -1.11. The van der Waals surface area contributed by atoms with E-state index >= 15 is 0 Å². The monoisotopic (exact) mass is 392 g/mol.